The first-order chi connectivity index (χ1) is 9.41. The molecule has 1 aliphatic rings. The molecule has 3 N–H and O–H groups in total. The summed E-state index contributed by atoms with van der Waals surface area (Å²) >= 11 is 0. The van der Waals surface area contributed by atoms with Gasteiger partial charge in [0.15, 0.2) is 0 Å². The second-order valence-corrected chi connectivity index (χ2v) is 4.40. The Bertz CT molecular complexity index is 623. The summed E-state index contributed by atoms with van der Waals surface area (Å²) in [5, 5.41) is 8.88. The molecule has 0 aromatic heterocycles. The van der Waals surface area contributed by atoms with Crippen LogP contribution in [0.3, 0.4) is 0 Å². The summed E-state index contributed by atoms with van der Waals surface area (Å²) in [4.78, 5) is 46.6. The van der Waals surface area contributed by atoms with Gasteiger partial charge in [-0.3, -0.25) is 19.3 Å². The van der Waals surface area contributed by atoms with E-state index in [1.54, 1.807) is 0 Å². The number of carboxylic acids is 1. The molecule has 0 spiro atoms. The Kier molecular flexibility index (Phi) is 3.51. The molecule has 0 atom stereocenters. The van der Waals surface area contributed by atoms with Crippen LogP contribution in [0.5, 0.6) is 0 Å². The molecule has 0 aliphatic carbocycles. The zero-order valence-corrected chi connectivity index (χ0v) is 10.5. The molecular formula is C13H12N2O5. The molecule has 0 radical (unpaired) electrons. The Morgan fingerprint density at radius 3 is 2.40 bits per heavy atom. The van der Waals surface area contributed by atoms with Gasteiger partial charge in [-0.05, 0) is 24.6 Å². The standard InChI is InChI=1S/C13H12N2O5/c14-10(16)2-1-5-15-11(17)8-4-3-7(13(19)20)6-9(8)12(15)18/h3-4,6H,1-2,5H2,(H2,14,16)(H,19,20). The molecule has 1 aromatic rings. The van der Waals surface area contributed by atoms with E-state index in [0.717, 1.165) is 4.90 Å². The van der Waals surface area contributed by atoms with Crippen molar-refractivity contribution in [2.75, 3.05) is 6.54 Å². The predicted octanol–water partition coefficient (Wildman–Crippen LogP) is 0.246. The molecule has 0 saturated heterocycles. The summed E-state index contributed by atoms with van der Waals surface area (Å²) in [6.45, 7) is 0.0810. The van der Waals surface area contributed by atoms with Gasteiger partial charge in [0.25, 0.3) is 11.8 Å². The quantitative estimate of drug-likeness (QED) is 0.747. The second kappa shape index (κ2) is 5.12. The molecule has 7 heteroatoms. The first-order valence-electron chi connectivity index (χ1n) is 5.93. The van der Waals surface area contributed by atoms with Gasteiger partial charge < -0.3 is 10.8 Å². The Balaban J connectivity index is 2.21. The van der Waals surface area contributed by atoms with Crippen molar-refractivity contribution in [1.82, 2.24) is 4.90 Å². The number of nitrogens with two attached hydrogens (primary N) is 1. The van der Waals surface area contributed by atoms with E-state index in [0.29, 0.717) is 0 Å². The van der Waals surface area contributed by atoms with Crippen molar-refractivity contribution in [3.63, 3.8) is 0 Å². The van der Waals surface area contributed by atoms with Crippen LogP contribution in [0.25, 0.3) is 0 Å². The molecular weight excluding hydrogens is 264 g/mol. The van der Waals surface area contributed by atoms with Crippen LogP contribution in [0.1, 0.15) is 43.9 Å². The lowest BCUT2D eigenvalue weighted by molar-refractivity contribution is -0.118. The number of nitrogens with zero attached hydrogens (tertiary/aromatic N) is 1. The molecule has 20 heavy (non-hydrogen) atoms. The molecule has 2 rings (SSSR count). The smallest absolute Gasteiger partial charge is 0.335 e. The summed E-state index contributed by atoms with van der Waals surface area (Å²) in [6.07, 6.45) is 0.361. The summed E-state index contributed by atoms with van der Waals surface area (Å²) in [6, 6.07) is 3.79. The number of hydrogen-bond acceptors (Lipinski definition) is 4. The van der Waals surface area contributed by atoms with Crippen molar-refractivity contribution >= 4 is 23.7 Å². The fourth-order valence-corrected chi connectivity index (χ4v) is 2.04. The van der Waals surface area contributed by atoms with Gasteiger partial charge in [0.2, 0.25) is 5.91 Å². The zero-order valence-electron chi connectivity index (χ0n) is 10.5. The van der Waals surface area contributed by atoms with Crippen molar-refractivity contribution in [2.45, 2.75) is 12.8 Å². The number of rotatable bonds is 5. The maximum absolute atomic E-state index is 12.1. The number of fused-ring (bicyclic) bond motifs is 1. The van der Waals surface area contributed by atoms with Gasteiger partial charge in [-0.1, -0.05) is 0 Å². The highest BCUT2D eigenvalue weighted by Gasteiger charge is 2.35. The van der Waals surface area contributed by atoms with Crippen molar-refractivity contribution < 1.29 is 24.3 Å². The van der Waals surface area contributed by atoms with Crippen LogP contribution in [0, 0.1) is 0 Å². The highest BCUT2D eigenvalue weighted by atomic mass is 16.4. The number of amides is 3. The molecule has 0 fully saturated rings. The van der Waals surface area contributed by atoms with Crippen LogP contribution >= 0.6 is 0 Å². The van der Waals surface area contributed by atoms with Crippen LogP contribution in [0.2, 0.25) is 0 Å². The van der Waals surface area contributed by atoms with Crippen LogP contribution in [0.4, 0.5) is 0 Å². The average Bonchev–Trinajstić information content (AvgIpc) is 2.63. The van der Waals surface area contributed by atoms with E-state index < -0.39 is 23.7 Å². The van der Waals surface area contributed by atoms with E-state index in [2.05, 4.69) is 0 Å². The summed E-state index contributed by atoms with van der Waals surface area (Å²) in [5.74, 6) is -2.70. The van der Waals surface area contributed by atoms with Crippen LogP contribution in [-0.4, -0.2) is 40.2 Å². The molecule has 3 amide bonds. The minimum Gasteiger partial charge on any atom is -0.478 e. The Labute approximate surface area is 114 Å². The van der Waals surface area contributed by atoms with Gasteiger partial charge in [0.1, 0.15) is 0 Å². The fourth-order valence-electron chi connectivity index (χ4n) is 2.04. The first kappa shape index (κ1) is 13.7. The van der Waals surface area contributed by atoms with E-state index in [1.165, 1.54) is 18.2 Å². The Morgan fingerprint density at radius 2 is 1.80 bits per heavy atom. The number of hydrogen-bond donors (Lipinski definition) is 2. The topological polar surface area (TPSA) is 118 Å². The molecule has 7 nitrogen and oxygen atoms in total. The van der Waals surface area contributed by atoms with Crippen LogP contribution in [-0.2, 0) is 4.79 Å². The zero-order chi connectivity index (χ0) is 14.9. The van der Waals surface area contributed by atoms with Gasteiger partial charge >= 0.3 is 5.97 Å². The van der Waals surface area contributed by atoms with Gasteiger partial charge in [-0.15, -0.1) is 0 Å². The van der Waals surface area contributed by atoms with E-state index in [9.17, 15) is 19.2 Å². The Hall–Kier alpha value is -2.70. The van der Waals surface area contributed by atoms with Crippen LogP contribution in [0.15, 0.2) is 18.2 Å². The minimum absolute atomic E-state index is 0.0520. The fraction of sp³-hybridized carbons (Fsp3) is 0.231. The third kappa shape index (κ3) is 2.37. The molecule has 104 valence electrons. The monoisotopic (exact) mass is 276 g/mol. The molecule has 0 saturated carbocycles. The normalized spacial score (nSPS) is 13.5. The molecule has 1 aromatic carbocycles. The number of carbonyl (C=O) groups is 4. The lowest BCUT2D eigenvalue weighted by Gasteiger charge is -2.12. The van der Waals surface area contributed by atoms with E-state index in [1.807, 2.05) is 0 Å². The van der Waals surface area contributed by atoms with Crippen molar-refractivity contribution in [3.8, 4) is 0 Å². The maximum atomic E-state index is 12.1. The molecule has 1 aliphatic heterocycles. The highest BCUT2D eigenvalue weighted by Crippen LogP contribution is 2.24. The third-order valence-corrected chi connectivity index (χ3v) is 3.02. The molecule has 0 unspecified atom stereocenters. The number of carboxylic acid groups (broad SMARTS) is 1. The second-order valence-electron chi connectivity index (χ2n) is 4.40. The Morgan fingerprint density at radius 1 is 1.15 bits per heavy atom. The largest absolute Gasteiger partial charge is 0.478 e. The number of carbonyl (C=O) groups excluding carboxylic acids is 3. The summed E-state index contributed by atoms with van der Waals surface area (Å²) in [7, 11) is 0. The number of aromatic carboxylic acids is 1. The van der Waals surface area contributed by atoms with Crippen molar-refractivity contribution in [1.29, 1.82) is 0 Å². The maximum Gasteiger partial charge on any atom is 0.335 e. The van der Waals surface area contributed by atoms with Gasteiger partial charge in [0.05, 0.1) is 16.7 Å². The SMILES string of the molecule is NC(=O)CCCN1C(=O)c2ccc(C(=O)O)cc2C1=O. The van der Waals surface area contributed by atoms with E-state index in [4.69, 9.17) is 10.8 Å². The predicted molar refractivity (Wildman–Crippen MR) is 67.2 cm³/mol. The summed E-state index contributed by atoms with van der Waals surface area (Å²) < 4.78 is 0. The van der Waals surface area contributed by atoms with Gasteiger partial charge in [0, 0.05) is 13.0 Å². The minimum atomic E-state index is -1.17. The number of imide groups is 1. The third-order valence-electron chi connectivity index (χ3n) is 3.02. The molecule has 0 bridgehead atoms. The first-order valence-corrected chi connectivity index (χ1v) is 5.93. The molecule has 1 heterocycles. The average molecular weight is 276 g/mol. The number of primary amides is 1. The van der Waals surface area contributed by atoms with Crippen molar-refractivity contribution in [3.05, 3.63) is 34.9 Å². The number of benzene rings is 1. The van der Waals surface area contributed by atoms with Crippen LogP contribution < -0.4 is 5.73 Å². The van der Waals surface area contributed by atoms with Gasteiger partial charge in [-0.2, -0.15) is 0 Å². The van der Waals surface area contributed by atoms with Gasteiger partial charge in [-0.25, -0.2) is 4.79 Å². The van der Waals surface area contributed by atoms with Crippen molar-refractivity contribution in [2.24, 2.45) is 5.73 Å². The van der Waals surface area contributed by atoms with E-state index >= 15 is 0 Å². The summed E-state index contributed by atoms with van der Waals surface area (Å²) in [5.41, 5.74) is 5.20. The lowest BCUT2D eigenvalue weighted by Crippen LogP contribution is -2.31. The lowest BCUT2D eigenvalue weighted by atomic mass is 10.1. The van der Waals surface area contributed by atoms with E-state index in [-0.39, 0.29) is 36.1 Å². The highest BCUT2D eigenvalue weighted by molar-refractivity contribution is 6.21.